The van der Waals surface area contributed by atoms with Gasteiger partial charge in [0.15, 0.2) is 0 Å². The van der Waals surface area contributed by atoms with Gasteiger partial charge in [0, 0.05) is 6.04 Å². The smallest absolute Gasteiger partial charge is 0.0682 e. The summed E-state index contributed by atoms with van der Waals surface area (Å²) < 4.78 is 0. The van der Waals surface area contributed by atoms with Crippen LogP contribution in [0.25, 0.3) is 0 Å². The maximum atomic E-state index is 5.53. The van der Waals surface area contributed by atoms with Gasteiger partial charge in [-0.05, 0) is 19.3 Å². The molecule has 16 heavy (non-hydrogen) atoms. The molecular weight excluding hydrogens is 198 g/mol. The Labute approximate surface area is 101 Å². The zero-order chi connectivity index (χ0) is 11.5. The lowest BCUT2D eigenvalue weighted by Gasteiger charge is -2.22. The highest BCUT2D eigenvalue weighted by atomic mass is 16.6. The Bertz CT molecular complexity index is 144. The molecular formula is C14H29NO. The van der Waals surface area contributed by atoms with E-state index in [1.165, 1.54) is 70.6 Å². The van der Waals surface area contributed by atoms with E-state index < -0.39 is 0 Å². The molecule has 0 radical (unpaired) electrons. The minimum Gasteiger partial charge on any atom is -0.302 e. The third-order valence-corrected chi connectivity index (χ3v) is 3.46. The molecule has 0 atom stereocenters. The fourth-order valence-electron chi connectivity index (χ4n) is 2.35. The number of hydrogen-bond acceptors (Lipinski definition) is 2. The van der Waals surface area contributed by atoms with E-state index in [4.69, 9.17) is 4.84 Å². The zero-order valence-corrected chi connectivity index (χ0v) is 11.0. The second-order valence-corrected chi connectivity index (χ2v) is 5.07. The predicted molar refractivity (Wildman–Crippen MR) is 69.3 cm³/mol. The van der Waals surface area contributed by atoms with E-state index >= 15 is 0 Å². The van der Waals surface area contributed by atoms with E-state index in [9.17, 15) is 0 Å². The molecule has 1 rings (SSSR count). The van der Waals surface area contributed by atoms with Gasteiger partial charge in [-0.1, -0.05) is 58.3 Å². The summed E-state index contributed by atoms with van der Waals surface area (Å²) in [7, 11) is 0. The lowest BCUT2D eigenvalue weighted by Crippen LogP contribution is -2.31. The van der Waals surface area contributed by atoms with Crippen LogP contribution in [-0.2, 0) is 4.84 Å². The molecule has 0 spiro atoms. The summed E-state index contributed by atoms with van der Waals surface area (Å²) in [6, 6.07) is 0.633. The van der Waals surface area contributed by atoms with Crippen molar-refractivity contribution in [1.82, 2.24) is 5.48 Å². The molecule has 0 amide bonds. The molecule has 2 nitrogen and oxygen atoms in total. The summed E-state index contributed by atoms with van der Waals surface area (Å²) in [5.74, 6) is 0. The number of unbranched alkanes of at least 4 members (excludes halogenated alkanes) is 5. The van der Waals surface area contributed by atoms with Gasteiger partial charge in [-0.3, -0.25) is 0 Å². The molecule has 1 aliphatic rings. The molecule has 0 aromatic rings. The summed E-state index contributed by atoms with van der Waals surface area (Å²) in [6.45, 7) is 3.15. The van der Waals surface area contributed by atoms with Gasteiger partial charge in [0.25, 0.3) is 0 Å². The summed E-state index contributed by atoms with van der Waals surface area (Å²) in [4.78, 5) is 5.53. The van der Waals surface area contributed by atoms with E-state index in [-0.39, 0.29) is 0 Å². The molecule has 0 saturated heterocycles. The molecule has 1 aliphatic carbocycles. The van der Waals surface area contributed by atoms with Crippen molar-refractivity contribution in [2.45, 2.75) is 83.6 Å². The highest BCUT2D eigenvalue weighted by Crippen LogP contribution is 2.17. The molecule has 1 N–H and O–H groups in total. The first kappa shape index (κ1) is 14.0. The van der Waals surface area contributed by atoms with Crippen LogP contribution in [0.2, 0.25) is 0 Å². The molecule has 96 valence electrons. The van der Waals surface area contributed by atoms with Crippen LogP contribution < -0.4 is 5.48 Å². The van der Waals surface area contributed by atoms with Crippen molar-refractivity contribution < 1.29 is 4.84 Å². The van der Waals surface area contributed by atoms with Gasteiger partial charge in [0.1, 0.15) is 0 Å². The lowest BCUT2D eigenvalue weighted by atomic mass is 9.96. The Hall–Kier alpha value is -0.0800. The van der Waals surface area contributed by atoms with E-state index in [0.29, 0.717) is 6.04 Å². The quantitative estimate of drug-likeness (QED) is 0.471. The number of hydroxylamine groups is 1. The Balaban J connectivity index is 1.77. The predicted octanol–water partition coefficient (Wildman–Crippen LogP) is 4.20. The summed E-state index contributed by atoms with van der Waals surface area (Å²) in [6.07, 6.45) is 14.8. The monoisotopic (exact) mass is 227 g/mol. The van der Waals surface area contributed by atoms with Crippen LogP contribution in [0, 0.1) is 0 Å². The third kappa shape index (κ3) is 7.24. The van der Waals surface area contributed by atoms with Gasteiger partial charge in [0.05, 0.1) is 6.61 Å². The van der Waals surface area contributed by atoms with Crippen LogP contribution >= 0.6 is 0 Å². The topological polar surface area (TPSA) is 21.3 Å². The molecule has 2 heteroatoms. The Kier molecular flexibility index (Phi) is 8.83. The number of rotatable bonds is 9. The van der Waals surface area contributed by atoms with E-state index in [1.54, 1.807) is 0 Å². The molecule has 0 heterocycles. The summed E-state index contributed by atoms with van der Waals surface area (Å²) in [5, 5.41) is 0. The van der Waals surface area contributed by atoms with Crippen LogP contribution in [0.15, 0.2) is 0 Å². The van der Waals surface area contributed by atoms with Gasteiger partial charge in [-0.15, -0.1) is 0 Å². The second kappa shape index (κ2) is 10.1. The molecule has 0 aromatic carbocycles. The van der Waals surface area contributed by atoms with E-state index in [2.05, 4.69) is 12.4 Å². The van der Waals surface area contributed by atoms with Crippen molar-refractivity contribution in [3.8, 4) is 0 Å². The minimum absolute atomic E-state index is 0.633. The first-order valence-electron chi connectivity index (χ1n) is 7.31. The lowest BCUT2D eigenvalue weighted by molar-refractivity contribution is 0.00521. The van der Waals surface area contributed by atoms with Crippen molar-refractivity contribution in [1.29, 1.82) is 0 Å². The first-order chi connectivity index (χ1) is 7.93. The van der Waals surface area contributed by atoms with Crippen molar-refractivity contribution in [3.05, 3.63) is 0 Å². The number of nitrogens with one attached hydrogen (secondary N) is 1. The fraction of sp³-hybridized carbons (Fsp3) is 1.00. The third-order valence-electron chi connectivity index (χ3n) is 3.46. The Morgan fingerprint density at radius 3 is 2.38 bits per heavy atom. The van der Waals surface area contributed by atoms with Crippen LogP contribution in [0.3, 0.4) is 0 Å². The van der Waals surface area contributed by atoms with Gasteiger partial charge in [0.2, 0.25) is 0 Å². The van der Waals surface area contributed by atoms with Crippen molar-refractivity contribution >= 4 is 0 Å². The maximum Gasteiger partial charge on any atom is 0.0682 e. The minimum atomic E-state index is 0.633. The van der Waals surface area contributed by atoms with Crippen LogP contribution in [-0.4, -0.2) is 12.6 Å². The zero-order valence-electron chi connectivity index (χ0n) is 11.0. The summed E-state index contributed by atoms with van der Waals surface area (Å²) >= 11 is 0. The van der Waals surface area contributed by atoms with Crippen LogP contribution in [0.4, 0.5) is 0 Å². The fourth-order valence-corrected chi connectivity index (χ4v) is 2.35. The van der Waals surface area contributed by atoms with Crippen molar-refractivity contribution in [2.24, 2.45) is 0 Å². The maximum absolute atomic E-state index is 5.53. The van der Waals surface area contributed by atoms with E-state index in [1.807, 2.05) is 0 Å². The summed E-state index contributed by atoms with van der Waals surface area (Å²) in [5.41, 5.74) is 3.22. The standard InChI is InChI=1S/C14H29NO/c1-2-3-4-5-6-10-13-16-15-14-11-8-7-9-12-14/h14-15H,2-13H2,1H3. The van der Waals surface area contributed by atoms with Gasteiger partial charge >= 0.3 is 0 Å². The SMILES string of the molecule is CCCCCCCCONC1CCCCC1. The Morgan fingerprint density at radius 2 is 1.62 bits per heavy atom. The largest absolute Gasteiger partial charge is 0.302 e. The second-order valence-electron chi connectivity index (χ2n) is 5.07. The molecule has 1 saturated carbocycles. The normalized spacial score (nSPS) is 17.8. The van der Waals surface area contributed by atoms with Gasteiger partial charge < -0.3 is 4.84 Å². The molecule has 0 aromatic heterocycles. The van der Waals surface area contributed by atoms with Crippen molar-refractivity contribution in [2.75, 3.05) is 6.61 Å². The van der Waals surface area contributed by atoms with E-state index in [0.717, 1.165) is 6.61 Å². The number of hydrogen-bond donors (Lipinski definition) is 1. The highest BCUT2D eigenvalue weighted by Gasteiger charge is 2.12. The Morgan fingerprint density at radius 1 is 0.938 bits per heavy atom. The van der Waals surface area contributed by atoms with Gasteiger partial charge in [-0.2, -0.15) is 5.48 Å². The van der Waals surface area contributed by atoms with Crippen LogP contribution in [0.1, 0.15) is 77.6 Å². The molecule has 0 unspecified atom stereocenters. The first-order valence-corrected chi connectivity index (χ1v) is 7.31. The van der Waals surface area contributed by atoms with Crippen molar-refractivity contribution in [3.63, 3.8) is 0 Å². The van der Waals surface area contributed by atoms with Gasteiger partial charge in [-0.25, -0.2) is 0 Å². The van der Waals surface area contributed by atoms with Crippen LogP contribution in [0.5, 0.6) is 0 Å². The average Bonchev–Trinajstić information content (AvgIpc) is 2.34. The molecule has 1 fully saturated rings. The molecule has 0 bridgehead atoms. The average molecular weight is 227 g/mol. The molecule has 0 aliphatic heterocycles. The highest BCUT2D eigenvalue weighted by molar-refractivity contribution is 4.67.